The summed E-state index contributed by atoms with van der Waals surface area (Å²) in [5.41, 5.74) is 7.16. The smallest absolute Gasteiger partial charge is 0.325 e. The third-order valence-electron chi connectivity index (χ3n) is 1.59. The van der Waals surface area contributed by atoms with Crippen molar-refractivity contribution in [3.05, 3.63) is 0 Å². The standard InChI is InChI=1S/C7H16N2O3/c1-12-7(10)6(9-11)4-2-3-5-8/h6,9,11H,2-5,8H2,1H3. The lowest BCUT2D eigenvalue weighted by molar-refractivity contribution is -0.146. The quantitative estimate of drug-likeness (QED) is 0.292. The van der Waals surface area contributed by atoms with Crippen LogP contribution in [0.4, 0.5) is 0 Å². The molecule has 0 aromatic heterocycles. The fourth-order valence-electron chi connectivity index (χ4n) is 0.870. The summed E-state index contributed by atoms with van der Waals surface area (Å²) in [6, 6.07) is -0.624. The predicted octanol–water partition coefficient (Wildman–Crippen LogP) is -0.364. The van der Waals surface area contributed by atoms with E-state index in [2.05, 4.69) is 4.74 Å². The topological polar surface area (TPSA) is 84.6 Å². The van der Waals surface area contributed by atoms with Gasteiger partial charge in [0.1, 0.15) is 6.04 Å². The summed E-state index contributed by atoms with van der Waals surface area (Å²) >= 11 is 0. The van der Waals surface area contributed by atoms with Gasteiger partial charge in [-0.3, -0.25) is 4.79 Å². The van der Waals surface area contributed by atoms with Gasteiger partial charge in [0.2, 0.25) is 0 Å². The van der Waals surface area contributed by atoms with Crippen molar-refractivity contribution in [1.29, 1.82) is 0 Å². The maximum Gasteiger partial charge on any atom is 0.325 e. The molecular formula is C7H16N2O3. The number of esters is 1. The molecule has 0 radical (unpaired) electrons. The molecule has 0 bridgehead atoms. The first-order valence-corrected chi connectivity index (χ1v) is 3.93. The van der Waals surface area contributed by atoms with Gasteiger partial charge in [0.25, 0.3) is 0 Å². The van der Waals surface area contributed by atoms with Crippen molar-refractivity contribution >= 4 is 5.97 Å². The lowest BCUT2D eigenvalue weighted by atomic mass is 10.1. The zero-order chi connectivity index (χ0) is 9.40. The first kappa shape index (κ1) is 11.4. The van der Waals surface area contributed by atoms with Crippen LogP contribution in [-0.4, -0.2) is 30.9 Å². The molecule has 0 aromatic carbocycles. The summed E-state index contributed by atoms with van der Waals surface area (Å²) in [6.45, 7) is 0.597. The Balaban J connectivity index is 3.60. The number of rotatable bonds is 6. The fourth-order valence-corrected chi connectivity index (χ4v) is 0.870. The highest BCUT2D eigenvalue weighted by Crippen LogP contribution is 2.00. The monoisotopic (exact) mass is 176 g/mol. The van der Waals surface area contributed by atoms with E-state index < -0.39 is 12.0 Å². The molecule has 0 amide bonds. The molecule has 0 aliphatic carbocycles. The van der Waals surface area contributed by atoms with Gasteiger partial charge in [-0.1, -0.05) is 0 Å². The van der Waals surface area contributed by atoms with Crippen LogP contribution in [0.3, 0.4) is 0 Å². The second-order valence-electron chi connectivity index (χ2n) is 2.49. The Morgan fingerprint density at radius 1 is 1.67 bits per heavy atom. The highest BCUT2D eigenvalue weighted by molar-refractivity contribution is 5.75. The van der Waals surface area contributed by atoms with Gasteiger partial charge >= 0.3 is 5.97 Å². The maximum absolute atomic E-state index is 10.9. The zero-order valence-corrected chi connectivity index (χ0v) is 7.25. The van der Waals surface area contributed by atoms with Crippen LogP contribution < -0.4 is 11.2 Å². The lowest BCUT2D eigenvalue weighted by Crippen LogP contribution is -2.35. The first-order valence-electron chi connectivity index (χ1n) is 3.93. The van der Waals surface area contributed by atoms with Crippen LogP contribution in [0.15, 0.2) is 0 Å². The van der Waals surface area contributed by atoms with E-state index in [9.17, 15) is 4.79 Å². The van der Waals surface area contributed by atoms with Gasteiger partial charge in [-0.2, -0.15) is 5.48 Å². The number of hydrogen-bond donors (Lipinski definition) is 3. The van der Waals surface area contributed by atoms with E-state index in [1.165, 1.54) is 7.11 Å². The average Bonchev–Trinajstić information content (AvgIpc) is 2.11. The summed E-state index contributed by atoms with van der Waals surface area (Å²) in [5, 5.41) is 8.54. The van der Waals surface area contributed by atoms with Crippen molar-refractivity contribution in [2.45, 2.75) is 25.3 Å². The van der Waals surface area contributed by atoms with E-state index in [1.54, 1.807) is 0 Å². The normalized spacial score (nSPS) is 12.6. The van der Waals surface area contributed by atoms with Gasteiger partial charge in [-0.05, 0) is 25.8 Å². The molecule has 0 aliphatic heterocycles. The van der Waals surface area contributed by atoms with E-state index in [4.69, 9.17) is 10.9 Å². The van der Waals surface area contributed by atoms with Crippen molar-refractivity contribution < 1.29 is 14.7 Å². The summed E-state index contributed by atoms with van der Waals surface area (Å²) in [5.74, 6) is -0.450. The minimum Gasteiger partial charge on any atom is -0.468 e. The molecule has 0 rings (SSSR count). The van der Waals surface area contributed by atoms with Gasteiger partial charge in [0.15, 0.2) is 0 Å². The molecule has 1 atom stereocenters. The van der Waals surface area contributed by atoms with Crippen molar-refractivity contribution in [1.82, 2.24) is 5.48 Å². The molecule has 5 nitrogen and oxygen atoms in total. The number of carbonyl (C=O) groups is 1. The number of nitrogens with one attached hydrogen (secondary N) is 1. The number of ether oxygens (including phenoxy) is 1. The predicted molar refractivity (Wildman–Crippen MR) is 43.6 cm³/mol. The van der Waals surface area contributed by atoms with E-state index in [1.807, 2.05) is 5.48 Å². The summed E-state index contributed by atoms with van der Waals surface area (Å²) in [7, 11) is 1.29. The van der Waals surface area contributed by atoms with Crippen molar-refractivity contribution in [3.63, 3.8) is 0 Å². The Morgan fingerprint density at radius 3 is 2.75 bits per heavy atom. The molecule has 4 N–H and O–H groups in total. The Kier molecular flexibility index (Phi) is 6.64. The average molecular weight is 176 g/mol. The number of methoxy groups -OCH3 is 1. The minimum absolute atomic E-state index is 0.450. The molecule has 0 aromatic rings. The van der Waals surface area contributed by atoms with Crippen LogP contribution in [0, 0.1) is 0 Å². The number of carbonyl (C=O) groups excluding carboxylic acids is 1. The third-order valence-corrected chi connectivity index (χ3v) is 1.59. The number of unbranched alkanes of at least 4 members (excludes halogenated alkanes) is 1. The van der Waals surface area contributed by atoms with Gasteiger partial charge in [-0.25, -0.2) is 0 Å². The Labute approximate surface area is 71.8 Å². The van der Waals surface area contributed by atoms with Crippen LogP contribution >= 0.6 is 0 Å². The molecule has 12 heavy (non-hydrogen) atoms. The molecular weight excluding hydrogens is 160 g/mol. The van der Waals surface area contributed by atoms with Crippen molar-refractivity contribution in [2.24, 2.45) is 5.73 Å². The van der Waals surface area contributed by atoms with E-state index >= 15 is 0 Å². The van der Waals surface area contributed by atoms with E-state index in [-0.39, 0.29) is 0 Å². The van der Waals surface area contributed by atoms with E-state index in [0.717, 1.165) is 12.8 Å². The van der Waals surface area contributed by atoms with Crippen LogP contribution in [-0.2, 0) is 9.53 Å². The van der Waals surface area contributed by atoms with Crippen LogP contribution in [0.2, 0.25) is 0 Å². The summed E-state index contributed by atoms with van der Waals surface area (Å²) in [4.78, 5) is 10.9. The van der Waals surface area contributed by atoms with Crippen molar-refractivity contribution in [2.75, 3.05) is 13.7 Å². The van der Waals surface area contributed by atoms with Gasteiger partial charge in [-0.15, -0.1) is 0 Å². The second-order valence-corrected chi connectivity index (χ2v) is 2.49. The zero-order valence-electron chi connectivity index (χ0n) is 7.25. The van der Waals surface area contributed by atoms with Gasteiger partial charge in [0.05, 0.1) is 7.11 Å². The molecule has 0 spiro atoms. The van der Waals surface area contributed by atoms with Gasteiger partial charge < -0.3 is 15.7 Å². The number of nitrogens with two attached hydrogens (primary N) is 1. The SMILES string of the molecule is COC(=O)C(CCCCN)NO. The molecule has 1 unspecified atom stereocenters. The van der Waals surface area contributed by atoms with Crippen LogP contribution in [0.5, 0.6) is 0 Å². The minimum atomic E-state index is -0.624. The third kappa shape index (κ3) is 4.27. The van der Waals surface area contributed by atoms with E-state index in [0.29, 0.717) is 13.0 Å². The Morgan fingerprint density at radius 2 is 2.33 bits per heavy atom. The summed E-state index contributed by atoms with van der Waals surface area (Å²) < 4.78 is 4.44. The number of hydroxylamine groups is 1. The van der Waals surface area contributed by atoms with Gasteiger partial charge in [0, 0.05) is 0 Å². The lowest BCUT2D eigenvalue weighted by Gasteiger charge is -2.11. The second kappa shape index (κ2) is 7.02. The number of hydrogen-bond acceptors (Lipinski definition) is 5. The fraction of sp³-hybridized carbons (Fsp3) is 0.857. The molecule has 0 saturated carbocycles. The summed E-state index contributed by atoms with van der Waals surface area (Å²) in [6.07, 6.45) is 2.18. The highest BCUT2D eigenvalue weighted by atomic mass is 16.5. The molecule has 0 fully saturated rings. The van der Waals surface area contributed by atoms with Crippen molar-refractivity contribution in [3.8, 4) is 0 Å². The molecule has 72 valence electrons. The molecule has 5 heteroatoms. The molecule has 0 saturated heterocycles. The molecule has 0 heterocycles. The van der Waals surface area contributed by atoms with Crippen LogP contribution in [0.25, 0.3) is 0 Å². The maximum atomic E-state index is 10.9. The Hall–Kier alpha value is -0.650. The van der Waals surface area contributed by atoms with Crippen LogP contribution in [0.1, 0.15) is 19.3 Å². The largest absolute Gasteiger partial charge is 0.468 e. The molecule has 0 aliphatic rings. The Bertz CT molecular complexity index is 130. The highest BCUT2D eigenvalue weighted by Gasteiger charge is 2.16. The first-order chi connectivity index (χ1) is 5.76.